The van der Waals surface area contributed by atoms with Crippen LogP contribution in [0.5, 0.6) is 0 Å². The highest BCUT2D eigenvalue weighted by atomic mass is 32.2. The Balaban J connectivity index is 2.40. The van der Waals surface area contributed by atoms with E-state index in [4.69, 9.17) is 4.74 Å². The highest BCUT2D eigenvalue weighted by molar-refractivity contribution is 8.01. The van der Waals surface area contributed by atoms with Crippen molar-refractivity contribution in [3.63, 3.8) is 0 Å². The first kappa shape index (κ1) is 13.3. The fourth-order valence-electron chi connectivity index (χ4n) is 0.976. The van der Waals surface area contributed by atoms with Crippen molar-refractivity contribution < 1.29 is 14.3 Å². The Bertz CT molecular complexity index is 377. The van der Waals surface area contributed by atoms with Gasteiger partial charge in [-0.2, -0.15) is 0 Å². The summed E-state index contributed by atoms with van der Waals surface area (Å²) in [5.74, 6) is 0.0364. The van der Waals surface area contributed by atoms with Gasteiger partial charge in [0.25, 0.3) is 0 Å². The summed E-state index contributed by atoms with van der Waals surface area (Å²) in [6.07, 6.45) is 0.808. The normalized spacial score (nSPS) is 11.2. The van der Waals surface area contributed by atoms with Gasteiger partial charge in [0.05, 0.1) is 14.8 Å². The van der Waals surface area contributed by atoms with Gasteiger partial charge in [-0.1, -0.05) is 0 Å². The Morgan fingerprint density at radius 1 is 1.50 bits per heavy atom. The maximum absolute atomic E-state index is 11.4. The number of esters is 1. The smallest absolute Gasteiger partial charge is 0.316 e. The summed E-state index contributed by atoms with van der Waals surface area (Å²) >= 11 is 2.77. The Kier molecular flexibility index (Phi) is 4.56. The summed E-state index contributed by atoms with van der Waals surface area (Å²) in [7, 11) is 0. The Hall–Kier alpha value is -0.810. The summed E-state index contributed by atoms with van der Waals surface area (Å²) in [4.78, 5) is 22.5. The minimum atomic E-state index is -0.443. The standard InChI is InChI=1S/C11H14O3S2/c1-11(2,3)14-9(13)7-15-10-5-4-8(6-12)16-10/h4-6H,7H2,1-3H3. The zero-order chi connectivity index (χ0) is 12.2. The molecule has 1 rings (SSSR count). The van der Waals surface area contributed by atoms with Crippen LogP contribution in [0.2, 0.25) is 0 Å². The molecular formula is C11H14O3S2. The molecule has 88 valence electrons. The first-order chi connectivity index (χ1) is 7.40. The highest BCUT2D eigenvalue weighted by Gasteiger charge is 2.16. The van der Waals surface area contributed by atoms with Gasteiger partial charge in [-0.15, -0.1) is 23.1 Å². The molecule has 0 fully saturated rings. The predicted octanol–water partition coefficient (Wildman–Crippen LogP) is 2.99. The van der Waals surface area contributed by atoms with Crippen LogP contribution in [-0.4, -0.2) is 23.6 Å². The average Bonchev–Trinajstić information content (AvgIpc) is 2.59. The van der Waals surface area contributed by atoms with Gasteiger partial charge in [0.2, 0.25) is 0 Å². The lowest BCUT2D eigenvalue weighted by Crippen LogP contribution is -2.24. The molecule has 0 unspecified atom stereocenters. The number of ether oxygens (including phenoxy) is 1. The second-order valence-corrected chi connectivity index (χ2v) is 6.54. The van der Waals surface area contributed by atoms with Crippen molar-refractivity contribution >= 4 is 35.4 Å². The summed E-state index contributed by atoms with van der Waals surface area (Å²) in [6.45, 7) is 5.52. The van der Waals surface area contributed by atoms with Crippen molar-refractivity contribution in [1.82, 2.24) is 0 Å². The third-order valence-electron chi connectivity index (χ3n) is 1.47. The Morgan fingerprint density at radius 2 is 2.19 bits per heavy atom. The first-order valence-corrected chi connectivity index (χ1v) is 6.60. The van der Waals surface area contributed by atoms with Crippen LogP contribution in [-0.2, 0) is 9.53 Å². The molecule has 1 aromatic rings. The zero-order valence-electron chi connectivity index (χ0n) is 9.48. The molecule has 16 heavy (non-hydrogen) atoms. The molecule has 0 aromatic carbocycles. The van der Waals surface area contributed by atoms with Crippen LogP contribution in [0.3, 0.4) is 0 Å². The van der Waals surface area contributed by atoms with E-state index in [1.165, 1.54) is 23.1 Å². The molecule has 0 bridgehead atoms. The van der Waals surface area contributed by atoms with Crippen LogP contribution in [0.1, 0.15) is 30.4 Å². The number of aldehydes is 1. The van der Waals surface area contributed by atoms with Crippen LogP contribution in [0.4, 0.5) is 0 Å². The number of rotatable bonds is 4. The van der Waals surface area contributed by atoms with Gasteiger partial charge in [0, 0.05) is 0 Å². The highest BCUT2D eigenvalue weighted by Crippen LogP contribution is 2.26. The molecule has 5 heteroatoms. The van der Waals surface area contributed by atoms with Gasteiger partial charge in [-0.3, -0.25) is 9.59 Å². The lowest BCUT2D eigenvalue weighted by atomic mass is 10.2. The van der Waals surface area contributed by atoms with Gasteiger partial charge in [-0.25, -0.2) is 0 Å². The molecule has 1 heterocycles. The molecule has 0 amide bonds. The van der Waals surface area contributed by atoms with Crippen molar-refractivity contribution in [2.45, 2.75) is 30.6 Å². The summed E-state index contributed by atoms with van der Waals surface area (Å²) in [5.41, 5.74) is -0.443. The van der Waals surface area contributed by atoms with Gasteiger partial charge in [-0.05, 0) is 32.9 Å². The SMILES string of the molecule is CC(C)(C)OC(=O)CSc1ccc(C=O)s1. The van der Waals surface area contributed by atoms with E-state index in [1.807, 2.05) is 26.8 Å². The van der Waals surface area contributed by atoms with Crippen molar-refractivity contribution in [2.24, 2.45) is 0 Å². The molecule has 0 aliphatic carbocycles. The Morgan fingerprint density at radius 3 is 2.69 bits per heavy atom. The molecule has 0 saturated carbocycles. The topological polar surface area (TPSA) is 43.4 Å². The Labute approximate surface area is 103 Å². The summed E-state index contributed by atoms with van der Waals surface area (Å²) in [6, 6.07) is 3.58. The minimum absolute atomic E-state index is 0.237. The molecule has 0 atom stereocenters. The van der Waals surface area contributed by atoms with Gasteiger partial charge in [0.15, 0.2) is 6.29 Å². The van der Waals surface area contributed by atoms with Crippen molar-refractivity contribution in [2.75, 3.05) is 5.75 Å². The van der Waals surface area contributed by atoms with E-state index in [2.05, 4.69) is 0 Å². The van der Waals surface area contributed by atoms with Crippen LogP contribution >= 0.6 is 23.1 Å². The number of thioether (sulfide) groups is 1. The molecule has 0 saturated heterocycles. The first-order valence-electron chi connectivity index (χ1n) is 4.80. The van der Waals surface area contributed by atoms with E-state index in [1.54, 1.807) is 6.07 Å². The van der Waals surface area contributed by atoms with Crippen molar-refractivity contribution in [3.8, 4) is 0 Å². The zero-order valence-corrected chi connectivity index (χ0v) is 11.1. The summed E-state index contributed by atoms with van der Waals surface area (Å²) in [5, 5.41) is 0. The average molecular weight is 258 g/mol. The van der Waals surface area contributed by atoms with E-state index in [9.17, 15) is 9.59 Å². The molecule has 1 aromatic heterocycles. The predicted molar refractivity (Wildman–Crippen MR) is 66.3 cm³/mol. The van der Waals surface area contributed by atoms with E-state index in [-0.39, 0.29) is 11.7 Å². The number of carbonyl (C=O) groups excluding carboxylic acids is 2. The third kappa shape index (κ3) is 4.81. The van der Waals surface area contributed by atoms with Crippen LogP contribution < -0.4 is 0 Å². The molecule has 0 aliphatic heterocycles. The maximum Gasteiger partial charge on any atom is 0.316 e. The second-order valence-electron chi connectivity index (χ2n) is 4.15. The van der Waals surface area contributed by atoms with Crippen LogP contribution in [0.15, 0.2) is 16.3 Å². The number of hydrogen-bond acceptors (Lipinski definition) is 5. The summed E-state index contributed by atoms with van der Waals surface area (Å²) < 4.78 is 6.12. The maximum atomic E-state index is 11.4. The van der Waals surface area contributed by atoms with Gasteiger partial charge in [0.1, 0.15) is 5.60 Å². The molecule has 0 N–H and O–H groups in total. The van der Waals surface area contributed by atoms with E-state index in [0.29, 0.717) is 4.88 Å². The quantitative estimate of drug-likeness (QED) is 0.473. The molecule has 0 aliphatic rings. The third-order valence-corrected chi connectivity index (χ3v) is 3.68. The molecular weight excluding hydrogens is 244 g/mol. The lowest BCUT2D eigenvalue weighted by Gasteiger charge is -2.19. The van der Waals surface area contributed by atoms with Crippen molar-refractivity contribution in [1.29, 1.82) is 0 Å². The van der Waals surface area contributed by atoms with E-state index >= 15 is 0 Å². The van der Waals surface area contributed by atoms with E-state index in [0.717, 1.165) is 10.5 Å². The second kappa shape index (κ2) is 5.50. The molecule has 0 radical (unpaired) electrons. The van der Waals surface area contributed by atoms with Gasteiger partial charge < -0.3 is 4.74 Å². The largest absolute Gasteiger partial charge is 0.459 e. The number of thiophene rings is 1. The van der Waals surface area contributed by atoms with E-state index < -0.39 is 5.60 Å². The monoisotopic (exact) mass is 258 g/mol. The fourth-order valence-corrected chi connectivity index (χ4v) is 2.71. The number of carbonyl (C=O) groups is 2. The fraction of sp³-hybridized carbons (Fsp3) is 0.455. The number of hydrogen-bond donors (Lipinski definition) is 0. The molecule has 0 spiro atoms. The molecule has 3 nitrogen and oxygen atoms in total. The van der Waals surface area contributed by atoms with Crippen molar-refractivity contribution in [3.05, 3.63) is 17.0 Å². The van der Waals surface area contributed by atoms with Crippen LogP contribution in [0, 0.1) is 0 Å². The lowest BCUT2D eigenvalue weighted by molar-refractivity contribution is -0.151. The minimum Gasteiger partial charge on any atom is -0.459 e. The van der Waals surface area contributed by atoms with Gasteiger partial charge >= 0.3 is 5.97 Å². The van der Waals surface area contributed by atoms with Crippen LogP contribution in [0.25, 0.3) is 0 Å².